The summed E-state index contributed by atoms with van der Waals surface area (Å²) in [4.78, 5) is 0. The van der Waals surface area contributed by atoms with E-state index in [0.29, 0.717) is 6.61 Å². The minimum absolute atomic E-state index is 0.0464. The SMILES string of the molecule is CNC1COC(NC)(NC)O1. The molecule has 0 aliphatic carbocycles. The van der Waals surface area contributed by atoms with Crippen molar-refractivity contribution >= 4 is 0 Å². The van der Waals surface area contributed by atoms with Gasteiger partial charge in [-0.2, -0.15) is 0 Å². The van der Waals surface area contributed by atoms with Crippen LogP contribution in [-0.2, 0) is 9.47 Å². The van der Waals surface area contributed by atoms with Crippen LogP contribution in [0.5, 0.6) is 0 Å². The van der Waals surface area contributed by atoms with Gasteiger partial charge in [0.1, 0.15) is 6.23 Å². The lowest BCUT2D eigenvalue weighted by Crippen LogP contribution is -2.55. The molecule has 0 amide bonds. The van der Waals surface area contributed by atoms with Crippen LogP contribution in [0.2, 0.25) is 0 Å². The van der Waals surface area contributed by atoms with Gasteiger partial charge in [-0.1, -0.05) is 0 Å². The molecule has 1 atom stereocenters. The molecule has 0 aromatic heterocycles. The molecule has 0 aromatic carbocycles. The van der Waals surface area contributed by atoms with Gasteiger partial charge < -0.3 is 9.47 Å². The number of rotatable bonds is 3. The van der Waals surface area contributed by atoms with E-state index in [4.69, 9.17) is 9.47 Å². The van der Waals surface area contributed by atoms with Gasteiger partial charge in [0.2, 0.25) is 0 Å². The largest absolute Gasteiger partial charge is 0.320 e. The van der Waals surface area contributed by atoms with E-state index in [0.717, 1.165) is 0 Å². The Bertz CT molecular complexity index is 127. The molecule has 0 aromatic rings. The normalized spacial score (nSPS) is 29.2. The van der Waals surface area contributed by atoms with Gasteiger partial charge in [0, 0.05) is 0 Å². The summed E-state index contributed by atoms with van der Waals surface area (Å²) in [6.45, 7) is 0.540. The van der Waals surface area contributed by atoms with Gasteiger partial charge in [-0.05, 0) is 21.1 Å². The quantitative estimate of drug-likeness (QED) is 0.446. The molecule has 0 spiro atoms. The van der Waals surface area contributed by atoms with E-state index in [1.54, 1.807) is 14.1 Å². The first-order valence-electron chi connectivity index (χ1n) is 3.63. The highest BCUT2D eigenvalue weighted by Gasteiger charge is 2.38. The van der Waals surface area contributed by atoms with E-state index >= 15 is 0 Å². The van der Waals surface area contributed by atoms with E-state index in [-0.39, 0.29) is 6.23 Å². The smallest absolute Gasteiger partial charge is 0.293 e. The maximum Gasteiger partial charge on any atom is 0.293 e. The van der Waals surface area contributed by atoms with Crippen LogP contribution >= 0.6 is 0 Å². The van der Waals surface area contributed by atoms with Crippen LogP contribution in [0.4, 0.5) is 0 Å². The fraction of sp³-hybridized carbons (Fsp3) is 1.00. The second-order valence-corrected chi connectivity index (χ2v) is 2.32. The number of ether oxygens (including phenoxy) is 2. The Kier molecular flexibility index (Phi) is 2.80. The summed E-state index contributed by atoms with van der Waals surface area (Å²) in [6.07, 6.45) is -0.0464. The molecule has 0 radical (unpaired) electrons. The van der Waals surface area contributed by atoms with Crippen molar-refractivity contribution in [2.24, 2.45) is 0 Å². The third-order valence-corrected chi connectivity index (χ3v) is 1.73. The highest BCUT2D eigenvalue weighted by Crippen LogP contribution is 2.14. The van der Waals surface area contributed by atoms with E-state index in [9.17, 15) is 0 Å². The number of likely N-dealkylation sites (N-methyl/N-ethyl adjacent to an activating group) is 1. The van der Waals surface area contributed by atoms with Gasteiger partial charge in [0.25, 0.3) is 6.03 Å². The van der Waals surface area contributed by atoms with Crippen LogP contribution in [0.1, 0.15) is 0 Å². The molecule has 0 saturated carbocycles. The van der Waals surface area contributed by atoms with Crippen molar-refractivity contribution in [1.29, 1.82) is 0 Å². The molecule has 5 nitrogen and oxygen atoms in total. The highest BCUT2D eigenvalue weighted by molar-refractivity contribution is 4.69. The van der Waals surface area contributed by atoms with Crippen molar-refractivity contribution in [2.75, 3.05) is 27.7 Å². The molecule has 1 rings (SSSR count). The van der Waals surface area contributed by atoms with Crippen LogP contribution in [0.25, 0.3) is 0 Å². The number of nitrogens with one attached hydrogen (secondary N) is 3. The summed E-state index contributed by atoms with van der Waals surface area (Å²) in [5, 5.41) is 8.75. The Labute approximate surface area is 66.4 Å². The van der Waals surface area contributed by atoms with Crippen molar-refractivity contribution in [3.05, 3.63) is 0 Å². The number of hydrogen-bond acceptors (Lipinski definition) is 5. The second kappa shape index (κ2) is 3.46. The third kappa shape index (κ3) is 1.69. The molecule has 1 saturated heterocycles. The first-order valence-corrected chi connectivity index (χ1v) is 3.63. The fourth-order valence-electron chi connectivity index (χ4n) is 0.991. The maximum atomic E-state index is 5.44. The first-order chi connectivity index (χ1) is 5.26. The predicted molar refractivity (Wildman–Crippen MR) is 40.7 cm³/mol. The second-order valence-electron chi connectivity index (χ2n) is 2.32. The Balaban J connectivity index is 2.48. The van der Waals surface area contributed by atoms with Crippen LogP contribution in [0.3, 0.4) is 0 Å². The Morgan fingerprint density at radius 2 is 1.91 bits per heavy atom. The summed E-state index contributed by atoms with van der Waals surface area (Å²) in [6, 6.07) is -0.812. The Morgan fingerprint density at radius 1 is 1.27 bits per heavy atom. The summed E-state index contributed by atoms with van der Waals surface area (Å²) >= 11 is 0. The van der Waals surface area contributed by atoms with Gasteiger partial charge in [0.05, 0.1) is 6.61 Å². The molecular weight excluding hydrogens is 146 g/mol. The Morgan fingerprint density at radius 3 is 2.18 bits per heavy atom. The summed E-state index contributed by atoms with van der Waals surface area (Å²) in [5.74, 6) is 0. The van der Waals surface area contributed by atoms with Gasteiger partial charge >= 0.3 is 0 Å². The molecule has 11 heavy (non-hydrogen) atoms. The van der Waals surface area contributed by atoms with Gasteiger partial charge in [0.15, 0.2) is 0 Å². The zero-order chi connectivity index (χ0) is 8.32. The third-order valence-electron chi connectivity index (χ3n) is 1.73. The average molecular weight is 161 g/mol. The van der Waals surface area contributed by atoms with Gasteiger partial charge in [-0.25, -0.2) is 0 Å². The van der Waals surface area contributed by atoms with Crippen LogP contribution in [-0.4, -0.2) is 40.0 Å². The summed E-state index contributed by atoms with van der Waals surface area (Å²) < 4.78 is 10.8. The summed E-state index contributed by atoms with van der Waals surface area (Å²) in [5.41, 5.74) is 0. The van der Waals surface area contributed by atoms with Gasteiger partial charge in [-0.3, -0.25) is 16.0 Å². The van der Waals surface area contributed by atoms with E-state index < -0.39 is 6.03 Å². The number of hydrogen-bond donors (Lipinski definition) is 3. The van der Waals surface area contributed by atoms with Crippen molar-refractivity contribution in [3.63, 3.8) is 0 Å². The van der Waals surface area contributed by atoms with Gasteiger partial charge in [-0.15, -0.1) is 0 Å². The van der Waals surface area contributed by atoms with Crippen molar-refractivity contribution in [1.82, 2.24) is 16.0 Å². The maximum absolute atomic E-state index is 5.44. The zero-order valence-corrected chi connectivity index (χ0v) is 7.10. The molecule has 1 fully saturated rings. The predicted octanol–water partition coefficient (Wildman–Crippen LogP) is -1.37. The lowest BCUT2D eigenvalue weighted by Gasteiger charge is -2.25. The summed E-state index contributed by atoms with van der Waals surface area (Å²) in [7, 11) is 5.37. The monoisotopic (exact) mass is 161 g/mol. The van der Waals surface area contributed by atoms with Crippen molar-refractivity contribution < 1.29 is 9.47 Å². The Hall–Kier alpha value is -0.200. The molecule has 1 aliphatic rings. The molecule has 5 heteroatoms. The van der Waals surface area contributed by atoms with Crippen LogP contribution in [0.15, 0.2) is 0 Å². The zero-order valence-electron chi connectivity index (χ0n) is 7.10. The lowest BCUT2D eigenvalue weighted by atomic mass is 10.6. The molecule has 1 aliphatic heterocycles. The molecule has 1 unspecified atom stereocenters. The topological polar surface area (TPSA) is 54.5 Å². The highest BCUT2D eigenvalue weighted by atomic mass is 16.8. The lowest BCUT2D eigenvalue weighted by molar-refractivity contribution is -0.208. The molecule has 3 N–H and O–H groups in total. The fourth-order valence-corrected chi connectivity index (χ4v) is 0.991. The average Bonchev–Trinajstić information content (AvgIpc) is 2.49. The first kappa shape index (κ1) is 8.89. The van der Waals surface area contributed by atoms with Crippen LogP contribution < -0.4 is 16.0 Å². The van der Waals surface area contributed by atoms with E-state index in [2.05, 4.69) is 16.0 Å². The van der Waals surface area contributed by atoms with E-state index in [1.165, 1.54) is 0 Å². The van der Waals surface area contributed by atoms with Crippen molar-refractivity contribution in [2.45, 2.75) is 12.3 Å². The van der Waals surface area contributed by atoms with E-state index in [1.807, 2.05) is 7.05 Å². The molecule has 0 bridgehead atoms. The minimum atomic E-state index is -0.812. The molecule has 1 heterocycles. The minimum Gasteiger partial charge on any atom is -0.320 e. The standard InChI is InChI=1S/C6H15N3O2/c1-7-5-4-10-6(8-2,9-3)11-5/h5,7-9H,4H2,1-3H3. The van der Waals surface area contributed by atoms with Crippen LogP contribution in [0, 0.1) is 0 Å². The molecule has 66 valence electrons. The van der Waals surface area contributed by atoms with Crippen molar-refractivity contribution in [3.8, 4) is 0 Å². The molecular formula is C6H15N3O2.